The Morgan fingerprint density at radius 3 is 2.20 bits per heavy atom. The Labute approximate surface area is 208 Å². The molecule has 178 valence electrons. The zero-order valence-electron chi connectivity index (χ0n) is 19.0. The molecular formula is C27H24ClFN4O2. The maximum atomic E-state index is 14.2. The molecular weight excluding hydrogens is 467 g/mol. The minimum atomic E-state index is -0.521. The number of fused-ring (bicyclic) bond motifs is 1. The molecule has 0 aromatic heterocycles. The van der Waals surface area contributed by atoms with Crippen LogP contribution in [0.25, 0.3) is 0 Å². The van der Waals surface area contributed by atoms with Gasteiger partial charge in [0, 0.05) is 48.9 Å². The fraction of sp³-hybridized carbons (Fsp3) is 0.222. The Balaban J connectivity index is 1.24. The molecule has 0 atom stereocenters. The van der Waals surface area contributed by atoms with E-state index in [0.29, 0.717) is 54.4 Å². The highest BCUT2D eigenvalue weighted by Crippen LogP contribution is 2.30. The molecule has 35 heavy (non-hydrogen) atoms. The van der Waals surface area contributed by atoms with Crippen molar-refractivity contribution >= 4 is 35.1 Å². The smallest absolute Gasteiger partial charge is 0.253 e. The first kappa shape index (κ1) is 23.1. The first-order valence-corrected chi connectivity index (χ1v) is 11.8. The number of benzene rings is 3. The van der Waals surface area contributed by atoms with Crippen molar-refractivity contribution in [1.82, 2.24) is 9.80 Å². The second-order valence-corrected chi connectivity index (χ2v) is 9.04. The van der Waals surface area contributed by atoms with Crippen molar-refractivity contribution in [3.8, 4) is 0 Å². The topological polar surface area (TPSA) is 56.2 Å². The van der Waals surface area contributed by atoms with Gasteiger partial charge in [-0.25, -0.2) is 4.99 Å². The Morgan fingerprint density at radius 2 is 1.49 bits per heavy atom. The molecule has 0 bridgehead atoms. The predicted octanol–water partition coefficient (Wildman–Crippen LogP) is 4.63. The van der Waals surface area contributed by atoms with Crippen molar-refractivity contribution in [1.29, 1.82) is 0 Å². The first-order valence-electron chi connectivity index (χ1n) is 11.5. The maximum Gasteiger partial charge on any atom is 0.253 e. The Hall–Kier alpha value is -3.71. The van der Waals surface area contributed by atoms with Crippen LogP contribution < -0.4 is 4.90 Å². The van der Waals surface area contributed by atoms with Gasteiger partial charge in [-0.3, -0.25) is 9.59 Å². The van der Waals surface area contributed by atoms with E-state index in [9.17, 15) is 14.0 Å². The molecule has 0 N–H and O–H groups in total. The monoisotopic (exact) mass is 490 g/mol. The number of hydrogen-bond acceptors (Lipinski definition) is 4. The van der Waals surface area contributed by atoms with Crippen molar-refractivity contribution in [3.05, 3.63) is 100 Å². The summed E-state index contributed by atoms with van der Waals surface area (Å²) in [4.78, 5) is 35.4. The van der Waals surface area contributed by atoms with Crippen molar-refractivity contribution in [2.75, 3.05) is 37.7 Å². The van der Waals surface area contributed by atoms with Gasteiger partial charge in [0.15, 0.2) is 0 Å². The quantitative estimate of drug-likeness (QED) is 0.535. The number of piperazine rings is 1. The summed E-state index contributed by atoms with van der Waals surface area (Å²) >= 11 is 6.03. The lowest BCUT2D eigenvalue weighted by Gasteiger charge is -2.35. The number of anilines is 1. The number of rotatable bonds is 4. The lowest BCUT2D eigenvalue weighted by molar-refractivity contribution is 0.0535. The SMILES string of the molecule is O=C(c1ccccc1)N1CCN(C(=O)c2cccc(CN3CN=C(F)c4cc(Cl)ccc43)c2)CC1. The van der Waals surface area contributed by atoms with Gasteiger partial charge in [-0.1, -0.05) is 41.9 Å². The molecule has 2 amide bonds. The first-order chi connectivity index (χ1) is 17.0. The van der Waals surface area contributed by atoms with Gasteiger partial charge in [-0.15, -0.1) is 0 Å². The molecule has 0 spiro atoms. The van der Waals surface area contributed by atoms with E-state index in [1.165, 1.54) is 0 Å². The summed E-state index contributed by atoms with van der Waals surface area (Å²) in [6.07, 6.45) is 0. The zero-order valence-corrected chi connectivity index (χ0v) is 19.8. The molecule has 0 radical (unpaired) electrons. The minimum Gasteiger partial charge on any atom is -0.347 e. The summed E-state index contributed by atoms with van der Waals surface area (Å²) in [7, 11) is 0. The summed E-state index contributed by atoms with van der Waals surface area (Å²) in [5, 5.41) is 0.453. The van der Waals surface area contributed by atoms with Crippen molar-refractivity contribution < 1.29 is 14.0 Å². The van der Waals surface area contributed by atoms with E-state index in [1.807, 2.05) is 41.3 Å². The van der Waals surface area contributed by atoms with Crippen LogP contribution in [0, 0.1) is 0 Å². The molecule has 2 aliphatic heterocycles. The average molecular weight is 491 g/mol. The summed E-state index contributed by atoms with van der Waals surface area (Å²) in [6.45, 7) is 2.62. The van der Waals surface area contributed by atoms with Crippen LogP contribution >= 0.6 is 11.6 Å². The highest BCUT2D eigenvalue weighted by molar-refractivity contribution is 6.31. The highest BCUT2D eigenvalue weighted by atomic mass is 35.5. The van der Waals surface area contributed by atoms with Crippen LogP contribution in [-0.4, -0.2) is 60.4 Å². The molecule has 0 unspecified atom stereocenters. The molecule has 0 saturated carbocycles. The number of aliphatic imine (C=N–C) groups is 1. The molecule has 3 aromatic carbocycles. The summed E-state index contributed by atoms with van der Waals surface area (Å²) in [5.41, 5.74) is 3.27. The van der Waals surface area contributed by atoms with Gasteiger partial charge in [-0.2, -0.15) is 4.39 Å². The summed E-state index contributed by atoms with van der Waals surface area (Å²) in [5.74, 6) is -0.594. The Kier molecular flexibility index (Phi) is 6.51. The highest BCUT2D eigenvalue weighted by Gasteiger charge is 2.26. The van der Waals surface area contributed by atoms with Gasteiger partial charge < -0.3 is 14.7 Å². The summed E-state index contributed by atoms with van der Waals surface area (Å²) < 4.78 is 14.2. The van der Waals surface area contributed by atoms with E-state index in [4.69, 9.17) is 11.6 Å². The van der Waals surface area contributed by atoms with Gasteiger partial charge >= 0.3 is 0 Å². The minimum absolute atomic E-state index is 0.0121. The molecule has 5 rings (SSSR count). The Morgan fingerprint density at radius 1 is 0.829 bits per heavy atom. The number of hydrogen-bond donors (Lipinski definition) is 0. The normalized spacial score (nSPS) is 15.5. The van der Waals surface area contributed by atoms with Gasteiger partial charge in [0.25, 0.3) is 11.8 Å². The lowest BCUT2D eigenvalue weighted by Crippen LogP contribution is -2.50. The molecule has 8 heteroatoms. The standard InChI is InChI=1S/C27H24ClFN4O2/c28-22-9-10-24-23(16-22)25(29)30-18-33(24)17-19-5-4-8-21(15-19)27(35)32-13-11-31(12-14-32)26(34)20-6-2-1-3-7-20/h1-10,15-16H,11-14,17-18H2. The van der Waals surface area contributed by atoms with E-state index in [0.717, 1.165) is 11.3 Å². The van der Waals surface area contributed by atoms with Gasteiger partial charge in [0.2, 0.25) is 5.97 Å². The number of carbonyl (C=O) groups excluding carboxylic acids is 2. The van der Waals surface area contributed by atoms with Crippen molar-refractivity contribution in [2.45, 2.75) is 6.54 Å². The van der Waals surface area contributed by atoms with Crippen molar-refractivity contribution in [2.24, 2.45) is 4.99 Å². The molecule has 2 aliphatic rings. The molecule has 0 aliphatic carbocycles. The van der Waals surface area contributed by atoms with Crippen LogP contribution in [-0.2, 0) is 6.54 Å². The van der Waals surface area contributed by atoms with Gasteiger partial charge in [-0.05, 0) is 48.0 Å². The fourth-order valence-electron chi connectivity index (χ4n) is 4.47. The second-order valence-electron chi connectivity index (χ2n) is 8.60. The van der Waals surface area contributed by atoms with Crippen LogP contribution in [0.4, 0.5) is 10.1 Å². The maximum absolute atomic E-state index is 14.2. The average Bonchev–Trinajstić information content (AvgIpc) is 2.90. The van der Waals surface area contributed by atoms with Crippen LogP contribution in [0.2, 0.25) is 5.02 Å². The van der Waals surface area contributed by atoms with E-state index in [1.54, 1.807) is 46.2 Å². The fourth-order valence-corrected chi connectivity index (χ4v) is 4.65. The summed E-state index contributed by atoms with van der Waals surface area (Å²) in [6, 6.07) is 21.7. The van der Waals surface area contributed by atoms with E-state index in [-0.39, 0.29) is 18.5 Å². The van der Waals surface area contributed by atoms with Crippen molar-refractivity contribution in [3.63, 3.8) is 0 Å². The van der Waals surface area contributed by atoms with Gasteiger partial charge in [0.1, 0.15) is 6.67 Å². The molecule has 6 nitrogen and oxygen atoms in total. The molecule has 1 fully saturated rings. The van der Waals surface area contributed by atoms with Crippen LogP contribution in [0.3, 0.4) is 0 Å². The molecule has 3 aromatic rings. The van der Waals surface area contributed by atoms with E-state index in [2.05, 4.69) is 4.99 Å². The lowest BCUT2D eigenvalue weighted by atomic mass is 10.1. The number of amides is 2. The number of nitrogens with zero attached hydrogens (tertiary/aromatic N) is 4. The van der Waals surface area contributed by atoms with E-state index < -0.39 is 5.97 Å². The molecule has 2 heterocycles. The Bertz CT molecular complexity index is 1290. The van der Waals surface area contributed by atoms with Crippen LogP contribution in [0.15, 0.2) is 77.8 Å². The van der Waals surface area contributed by atoms with Gasteiger partial charge in [0.05, 0.1) is 11.3 Å². The van der Waals surface area contributed by atoms with Crippen LogP contribution in [0.1, 0.15) is 31.8 Å². The zero-order chi connectivity index (χ0) is 24.4. The predicted molar refractivity (Wildman–Crippen MR) is 135 cm³/mol. The number of carbonyl (C=O) groups is 2. The third-order valence-electron chi connectivity index (χ3n) is 6.32. The largest absolute Gasteiger partial charge is 0.347 e. The number of halogens is 2. The third kappa shape index (κ3) is 4.91. The third-order valence-corrected chi connectivity index (χ3v) is 6.56. The van der Waals surface area contributed by atoms with E-state index >= 15 is 0 Å². The molecule has 1 saturated heterocycles. The second kappa shape index (κ2) is 9.88. The van der Waals surface area contributed by atoms with Crippen LogP contribution in [0.5, 0.6) is 0 Å².